The van der Waals surface area contributed by atoms with Crippen LogP contribution in [0, 0.1) is 0 Å². The number of piperazine rings is 1. The fourth-order valence-corrected chi connectivity index (χ4v) is 3.21. The molecule has 1 aliphatic heterocycles. The van der Waals surface area contributed by atoms with Crippen molar-refractivity contribution in [2.75, 3.05) is 54.1 Å². The van der Waals surface area contributed by atoms with Crippen LogP contribution in [-0.4, -0.2) is 55.8 Å². The molecule has 1 saturated heterocycles. The number of nitrogens with one attached hydrogen (secondary N) is 1. The van der Waals surface area contributed by atoms with Gasteiger partial charge >= 0.3 is 11.8 Å². The molecular formula is C21H25N5O3. The standard InChI is InChI=1S/C21H25N5O3/c1-15(27)26(19-5-3-4-16(22)14-19)21(29)20(28)23-17-6-8-18(9-7-17)25-12-10-24(2)11-13-25/h3-9,14H,10-13,22H2,1-2H3,(H,23,28). The van der Waals surface area contributed by atoms with E-state index >= 15 is 0 Å². The van der Waals surface area contributed by atoms with Crippen molar-refractivity contribution in [1.29, 1.82) is 0 Å². The van der Waals surface area contributed by atoms with Gasteiger partial charge in [0.2, 0.25) is 5.91 Å². The van der Waals surface area contributed by atoms with Gasteiger partial charge in [0, 0.05) is 50.2 Å². The Hall–Kier alpha value is -3.39. The predicted molar refractivity (Wildman–Crippen MR) is 114 cm³/mol. The fourth-order valence-electron chi connectivity index (χ4n) is 3.21. The van der Waals surface area contributed by atoms with Crippen molar-refractivity contribution in [2.45, 2.75) is 6.92 Å². The van der Waals surface area contributed by atoms with Gasteiger partial charge in [-0.2, -0.15) is 0 Å². The van der Waals surface area contributed by atoms with Crippen LogP contribution in [0.2, 0.25) is 0 Å². The number of rotatable bonds is 3. The Morgan fingerprint density at radius 2 is 1.66 bits per heavy atom. The van der Waals surface area contributed by atoms with Gasteiger partial charge in [0.25, 0.3) is 0 Å². The Kier molecular flexibility index (Phi) is 6.13. The molecule has 8 nitrogen and oxygen atoms in total. The second kappa shape index (κ2) is 8.74. The summed E-state index contributed by atoms with van der Waals surface area (Å²) in [6, 6.07) is 13.6. The molecule has 0 spiro atoms. The first-order valence-corrected chi connectivity index (χ1v) is 9.40. The first-order valence-electron chi connectivity index (χ1n) is 9.40. The van der Waals surface area contributed by atoms with Crippen LogP contribution in [0.25, 0.3) is 0 Å². The van der Waals surface area contributed by atoms with E-state index in [-0.39, 0.29) is 5.69 Å². The quantitative estimate of drug-likeness (QED) is 0.604. The molecule has 2 aromatic carbocycles. The van der Waals surface area contributed by atoms with Crippen LogP contribution in [0.5, 0.6) is 0 Å². The number of likely N-dealkylation sites (N-methyl/N-ethyl adjacent to an activating group) is 1. The molecule has 0 aliphatic carbocycles. The minimum Gasteiger partial charge on any atom is -0.399 e. The molecule has 8 heteroatoms. The SMILES string of the molecule is CC(=O)N(C(=O)C(=O)Nc1ccc(N2CCN(C)CC2)cc1)c1cccc(N)c1. The number of hydrogen-bond acceptors (Lipinski definition) is 6. The first kappa shape index (κ1) is 20.3. The van der Waals surface area contributed by atoms with Gasteiger partial charge in [-0.25, -0.2) is 4.90 Å². The average Bonchev–Trinajstić information content (AvgIpc) is 2.69. The van der Waals surface area contributed by atoms with Gasteiger partial charge in [-0.3, -0.25) is 14.4 Å². The molecule has 3 rings (SSSR count). The molecule has 0 atom stereocenters. The number of hydrogen-bond donors (Lipinski definition) is 2. The number of nitrogens with two attached hydrogens (primary N) is 1. The van der Waals surface area contributed by atoms with Crippen molar-refractivity contribution >= 4 is 40.5 Å². The Morgan fingerprint density at radius 1 is 1.00 bits per heavy atom. The van der Waals surface area contributed by atoms with Crippen LogP contribution in [0.1, 0.15) is 6.92 Å². The summed E-state index contributed by atoms with van der Waals surface area (Å²) in [6.07, 6.45) is 0. The minimum atomic E-state index is -0.966. The van der Waals surface area contributed by atoms with E-state index in [1.54, 1.807) is 30.3 Å². The summed E-state index contributed by atoms with van der Waals surface area (Å²) in [5.74, 6) is -2.43. The van der Waals surface area contributed by atoms with E-state index in [0.717, 1.165) is 36.8 Å². The Morgan fingerprint density at radius 3 is 2.24 bits per heavy atom. The molecule has 3 N–H and O–H groups in total. The number of anilines is 4. The second-order valence-electron chi connectivity index (χ2n) is 7.05. The van der Waals surface area contributed by atoms with E-state index in [0.29, 0.717) is 11.4 Å². The normalized spacial score (nSPS) is 14.3. The Balaban J connectivity index is 1.68. The summed E-state index contributed by atoms with van der Waals surface area (Å²) >= 11 is 0. The predicted octanol–water partition coefficient (Wildman–Crippen LogP) is 1.54. The summed E-state index contributed by atoms with van der Waals surface area (Å²) in [6.45, 7) is 5.10. The molecular weight excluding hydrogens is 370 g/mol. The number of imide groups is 1. The molecule has 1 fully saturated rings. The van der Waals surface area contributed by atoms with Crippen molar-refractivity contribution in [3.63, 3.8) is 0 Å². The molecule has 0 unspecified atom stereocenters. The van der Waals surface area contributed by atoms with Gasteiger partial charge in [0.15, 0.2) is 0 Å². The molecule has 1 aliphatic rings. The zero-order chi connectivity index (χ0) is 21.0. The van der Waals surface area contributed by atoms with Crippen LogP contribution in [0.3, 0.4) is 0 Å². The monoisotopic (exact) mass is 395 g/mol. The summed E-state index contributed by atoms with van der Waals surface area (Å²) in [7, 11) is 2.10. The van der Waals surface area contributed by atoms with Gasteiger partial charge in [0.05, 0.1) is 5.69 Å². The van der Waals surface area contributed by atoms with E-state index in [2.05, 4.69) is 22.2 Å². The molecule has 29 heavy (non-hydrogen) atoms. The number of nitrogen functional groups attached to an aromatic ring is 1. The van der Waals surface area contributed by atoms with E-state index in [1.807, 2.05) is 12.1 Å². The molecule has 0 saturated carbocycles. The smallest absolute Gasteiger partial charge is 0.323 e. The lowest BCUT2D eigenvalue weighted by Crippen LogP contribution is -2.44. The second-order valence-corrected chi connectivity index (χ2v) is 7.05. The third kappa shape index (κ3) is 4.91. The molecule has 2 aromatic rings. The third-order valence-corrected chi connectivity index (χ3v) is 4.83. The lowest BCUT2D eigenvalue weighted by Gasteiger charge is -2.34. The molecule has 0 radical (unpaired) electrons. The zero-order valence-corrected chi connectivity index (χ0v) is 16.6. The van der Waals surface area contributed by atoms with Crippen LogP contribution < -0.4 is 20.9 Å². The van der Waals surface area contributed by atoms with Crippen molar-refractivity contribution in [3.05, 3.63) is 48.5 Å². The van der Waals surface area contributed by atoms with Crippen molar-refractivity contribution < 1.29 is 14.4 Å². The highest BCUT2D eigenvalue weighted by molar-refractivity contribution is 6.48. The third-order valence-electron chi connectivity index (χ3n) is 4.83. The van der Waals surface area contributed by atoms with Crippen LogP contribution in [0.15, 0.2) is 48.5 Å². The Labute approximate surface area is 169 Å². The van der Waals surface area contributed by atoms with Crippen LogP contribution in [0.4, 0.5) is 22.7 Å². The lowest BCUT2D eigenvalue weighted by atomic mass is 10.2. The fraction of sp³-hybridized carbons (Fsp3) is 0.286. The maximum atomic E-state index is 12.6. The average molecular weight is 395 g/mol. The topological polar surface area (TPSA) is 99.0 Å². The van der Waals surface area contributed by atoms with Gasteiger partial charge in [0.1, 0.15) is 0 Å². The summed E-state index contributed by atoms with van der Waals surface area (Å²) in [4.78, 5) is 42.4. The van der Waals surface area contributed by atoms with Gasteiger partial charge in [-0.05, 0) is 49.5 Å². The number of benzene rings is 2. The highest BCUT2D eigenvalue weighted by atomic mass is 16.2. The molecule has 3 amide bonds. The first-order chi connectivity index (χ1) is 13.8. The van der Waals surface area contributed by atoms with Gasteiger partial charge in [-0.15, -0.1) is 0 Å². The summed E-state index contributed by atoms with van der Waals surface area (Å²) in [5, 5.41) is 2.56. The van der Waals surface area contributed by atoms with E-state index < -0.39 is 17.7 Å². The van der Waals surface area contributed by atoms with E-state index in [1.165, 1.54) is 13.0 Å². The minimum absolute atomic E-state index is 0.253. The summed E-state index contributed by atoms with van der Waals surface area (Å²) < 4.78 is 0. The molecule has 0 bridgehead atoms. The zero-order valence-electron chi connectivity index (χ0n) is 16.6. The van der Waals surface area contributed by atoms with E-state index in [9.17, 15) is 14.4 Å². The van der Waals surface area contributed by atoms with Crippen LogP contribution >= 0.6 is 0 Å². The number of amides is 3. The highest BCUT2D eigenvalue weighted by Crippen LogP contribution is 2.21. The van der Waals surface area contributed by atoms with E-state index in [4.69, 9.17) is 5.73 Å². The molecule has 152 valence electrons. The molecule has 0 aromatic heterocycles. The van der Waals surface area contributed by atoms with Crippen LogP contribution in [-0.2, 0) is 14.4 Å². The number of carbonyl (C=O) groups excluding carboxylic acids is 3. The van der Waals surface area contributed by atoms with Crippen molar-refractivity contribution in [3.8, 4) is 0 Å². The van der Waals surface area contributed by atoms with Gasteiger partial charge in [-0.1, -0.05) is 6.07 Å². The largest absolute Gasteiger partial charge is 0.399 e. The Bertz CT molecular complexity index is 905. The molecule has 1 heterocycles. The van der Waals surface area contributed by atoms with Gasteiger partial charge < -0.3 is 20.9 Å². The summed E-state index contributed by atoms with van der Waals surface area (Å²) in [5.41, 5.74) is 7.91. The highest BCUT2D eigenvalue weighted by Gasteiger charge is 2.27. The lowest BCUT2D eigenvalue weighted by molar-refractivity contribution is -0.136. The maximum Gasteiger partial charge on any atom is 0.323 e. The van der Waals surface area contributed by atoms with Crippen molar-refractivity contribution in [2.24, 2.45) is 0 Å². The number of nitrogens with zero attached hydrogens (tertiary/aromatic N) is 3. The van der Waals surface area contributed by atoms with Crippen molar-refractivity contribution in [1.82, 2.24) is 4.90 Å². The maximum absolute atomic E-state index is 12.6. The number of carbonyl (C=O) groups is 3.